The van der Waals surface area contributed by atoms with Gasteiger partial charge >= 0.3 is 5.97 Å². The number of hydrogen-bond donors (Lipinski definition) is 2. The average Bonchev–Trinajstić information content (AvgIpc) is 2.95. The topological polar surface area (TPSA) is 97.1 Å². The number of nitrogens with one attached hydrogen (secondary N) is 1. The van der Waals surface area contributed by atoms with Gasteiger partial charge in [0.1, 0.15) is 5.52 Å². The Kier molecular flexibility index (Phi) is 2.94. The molecule has 7 nitrogen and oxygen atoms in total. The monoisotopic (exact) mass is 314 g/mol. The Hall–Kier alpha value is -2.44. The van der Waals surface area contributed by atoms with Gasteiger partial charge in [0.2, 0.25) is 5.91 Å². The molecule has 2 aromatic rings. The highest BCUT2D eigenvalue weighted by Crippen LogP contribution is 2.67. The van der Waals surface area contributed by atoms with E-state index in [0.717, 1.165) is 11.0 Å². The number of aliphatic carboxylic acids is 1. The lowest BCUT2D eigenvalue weighted by Crippen LogP contribution is -2.50. The van der Waals surface area contributed by atoms with Gasteiger partial charge in [0.05, 0.1) is 23.4 Å². The van der Waals surface area contributed by atoms with Crippen LogP contribution in [0.5, 0.6) is 0 Å². The molecule has 0 spiro atoms. The number of carbonyl (C=O) groups excluding carboxylic acids is 1. The van der Waals surface area contributed by atoms with Crippen molar-refractivity contribution < 1.29 is 14.7 Å². The van der Waals surface area contributed by atoms with E-state index in [1.54, 1.807) is 4.68 Å². The highest BCUT2D eigenvalue weighted by molar-refractivity contribution is 5.83. The van der Waals surface area contributed by atoms with Crippen molar-refractivity contribution in [3.8, 4) is 0 Å². The fourth-order valence-electron chi connectivity index (χ4n) is 3.67. The molecule has 1 aromatic carbocycles. The molecule has 23 heavy (non-hydrogen) atoms. The highest BCUT2D eigenvalue weighted by atomic mass is 16.4. The van der Waals surface area contributed by atoms with Crippen LogP contribution in [0, 0.1) is 17.3 Å². The molecule has 1 aromatic heterocycles. The van der Waals surface area contributed by atoms with E-state index in [2.05, 4.69) is 15.6 Å². The van der Waals surface area contributed by atoms with Crippen molar-refractivity contribution in [3.05, 3.63) is 24.3 Å². The minimum Gasteiger partial charge on any atom is -0.481 e. The van der Waals surface area contributed by atoms with E-state index < -0.39 is 11.4 Å². The van der Waals surface area contributed by atoms with E-state index in [9.17, 15) is 9.59 Å². The molecule has 0 aliphatic heterocycles. The number of rotatable bonds is 5. The number of carboxylic acid groups (broad SMARTS) is 1. The van der Waals surface area contributed by atoms with Crippen LogP contribution in [0.4, 0.5) is 0 Å². The third-order valence-electron chi connectivity index (χ3n) is 5.27. The van der Waals surface area contributed by atoms with Crippen LogP contribution in [0.15, 0.2) is 24.3 Å². The first-order chi connectivity index (χ1) is 11.0. The van der Waals surface area contributed by atoms with Crippen LogP contribution < -0.4 is 5.32 Å². The molecule has 4 rings (SSSR count). The number of fused-ring (bicyclic) bond motifs is 2. The zero-order valence-corrected chi connectivity index (χ0v) is 12.8. The number of carboxylic acids is 1. The maximum Gasteiger partial charge on any atom is 0.310 e. The number of nitrogens with zero attached hydrogens (tertiary/aromatic N) is 3. The quantitative estimate of drug-likeness (QED) is 0.859. The van der Waals surface area contributed by atoms with Gasteiger partial charge in [-0.15, -0.1) is 5.10 Å². The molecule has 2 saturated carbocycles. The van der Waals surface area contributed by atoms with Crippen molar-refractivity contribution >= 4 is 22.9 Å². The summed E-state index contributed by atoms with van der Waals surface area (Å²) in [6.07, 6.45) is 1.24. The van der Waals surface area contributed by atoms with Crippen LogP contribution in [0.3, 0.4) is 0 Å². The molecule has 2 N–H and O–H groups in total. The molecule has 2 fully saturated rings. The number of amides is 1. The number of aromatic nitrogens is 3. The van der Waals surface area contributed by atoms with Crippen LogP contribution in [0.1, 0.15) is 19.8 Å². The van der Waals surface area contributed by atoms with E-state index in [4.69, 9.17) is 5.11 Å². The normalized spacial score (nSPS) is 29.4. The van der Waals surface area contributed by atoms with Crippen LogP contribution in [0.2, 0.25) is 0 Å². The number of hydrogen-bond acceptors (Lipinski definition) is 4. The molecule has 1 amide bonds. The Bertz CT molecular complexity index is 801. The molecule has 0 saturated heterocycles. The summed E-state index contributed by atoms with van der Waals surface area (Å²) >= 11 is 0. The summed E-state index contributed by atoms with van der Waals surface area (Å²) < 4.78 is 1.74. The minimum atomic E-state index is -0.727. The Morgan fingerprint density at radius 2 is 2.22 bits per heavy atom. The van der Waals surface area contributed by atoms with Gasteiger partial charge in [0.15, 0.2) is 0 Å². The fraction of sp³-hybridized carbons (Fsp3) is 0.500. The molecule has 0 radical (unpaired) electrons. The van der Waals surface area contributed by atoms with E-state index in [1.165, 1.54) is 0 Å². The third kappa shape index (κ3) is 2.10. The second-order valence-electron chi connectivity index (χ2n) is 6.75. The van der Waals surface area contributed by atoms with Crippen molar-refractivity contribution in [1.82, 2.24) is 20.3 Å². The number of carbonyl (C=O) groups is 2. The molecular weight excluding hydrogens is 296 g/mol. The van der Waals surface area contributed by atoms with Gasteiger partial charge in [0.25, 0.3) is 0 Å². The number of benzene rings is 1. The smallest absolute Gasteiger partial charge is 0.310 e. The SMILES string of the molecule is CC(Cn1nnc2ccccc21)C(=O)N[C@@H]1C[C@@]2(C(=O)O)C[C@@H]12. The Labute approximate surface area is 132 Å². The van der Waals surface area contributed by atoms with Crippen LogP contribution in [-0.4, -0.2) is 38.0 Å². The van der Waals surface area contributed by atoms with Gasteiger partial charge in [-0.2, -0.15) is 0 Å². The maximum atomic E-state index is 12.3. The van der Waals surface area contributed by atoms with E-state index in [-0.39, 0.29) is 23.8 Å². The zero-order valence-electron chi connectivity index (χ0n) is 12.8. The highest BCUT2D eigenvalue weighted by Gasteiger charge is 2.72. The van der Waals surface area contributed by atoms with Crippen LogP contribution in [-0.2, 0) is 16.1 Å². The summed E-state index contributed by atoms with van der Waals surface area (Å²) in [6.45, 7) is 2.30. The lowest BCUT2D eigenvalue weighted by Gasteiger charge is -2.33. The predicted octanol–water partition coefficient (Wildman–Crippen LogP) is 1.05. The molecule has 0 bridgehead atoms. The first-order valence-electron chi connectivity index (χ1n) is 7.83. The largest absolute Gasteiger partial charge is 0.481 e. The van der Waals surface area contributed by atoms with E-state index >= 15 is 0 Å². The lowest BCUT2D eigenvalue weighted by molar-refractivity contribution is -0.148. The van der Waals surface area contributed by atoms with Crippen molar-refractivity contribution in [2.45, 2.75) is 32.4 Å². The van der Waals surface area contributed by atoms with Crippen molar-refractivity contribution in [2.75, 3.05) is 0 Å². The molecule has 4 atom stereocenters. The second-order valence-corrected chi connectivity index (χ2v) is 6.75. The molecule has 120 valence electrons. The van der Waals surface area contributed by atoms with Crippen molar-refractivity contribution in [2.24, 2.45) is 17.3 Å². The summed E-state index contributed by atoms with van der Waals surface area (Å²) in [5, 5.41) is 20.3. The van der Waals surface area contributed by atoms with Gasteiger partial charge < -0.3 is 10.4 Å². The third-order valence-corrected chi connectivity index (χ3v) is 5.27. The standard InChI is InChI=1S/C16H18N4O3/c1-9(8-20-13-5-3-2-4-11(13)18-19-20)14(21)17-12-7-16(15(22)23)6-10(12)16/h2-5,9-10,12H,6-8H2,1H3,(H,17,21)(H,22,23)/t9?,10-,12+,16-/m0/s1. The first-order valence-corrected chi connectivity index (χ1v) is 7.83. The number of para-hydroxylation sites is 1. The summed E-state index contributed by atoms with van der Waals surface area (Å²) in [5.74, 6) is -0.919. The fourth-order valence-corrected chi connectivity index (χ4v) is 3.67. The van der Waals surface area contributed by atoms with Gasteiger partial charge in [-0.25, -0.2) is 4.68 Å². The Balaban J connectivity index is 1.37. The summed E-state index contributed by atoms with van der Waals surface area (Å²) in [5.41, 5.74) is 1.18. The molecule has 1 heterocycles. The average molecular weight is 314 g/mol. The van der Waals surface area contributed by atoms with Gasteiger partial charge in [-0.1, -0.05) is 24.3 Å². The molecule has 2 aliphatic rings. The van der Waals surface area contributed by atoms with E-state index in [0.29, 0.717) is 19.4 Å². The second kappa shape index (κ2) is 4.78. The predicted molar refractivity (Wildman–Crippen MR) is 81.4 cm³/mol. The first kappa shape index (κ1) is 14.2. The van der Waals surface area contributed by atoms with Gasteiger partial charge in [0, 0.05) is 6.04 Å². The van der Waals surface area contributed by atoms with Gasteiger partial charge in [-0.3, -0.25) is 9.59 Å². The minimum absolute atomic E-state index is 0.00791. The summed E-state index contributed by atoms with van der Waals surface area (Å²) in [7, 11) is 0. The summed E-state index contributed by atoms with van der Waals surface area (Å²) in [6, 6.07) is 7.64. The molecule has 2 aliphatic carbocycles. The van der Waals surface area contributed by atoms with Crippen LogP contribution >= 0.6 is 0 Å². The maximum absolute atomic E-state index is 12.3. The van der Waals surface area contributed by atoms with E-state index in [1.807, 2.05) is 31.2 Å². The molecule has 1 unspecified atom stereocenters. The van der Waals surface area contributed by atoms with Gasteiger partial charge in [-0.05, 0) is 30.9 Å². The molecule has 7 heteroatoms. The molecular formula is C16H18N4O3. The van der Waals surface area contributed by atoms with Crippen LogP contribution in [0.25, 0.3) is 11.0 Å². The zero-order chi connectivity index (χ0) is 16.2. The lowest BCUT2D eigenvalue weighted by atomic mass is 9.80. The summed E-state index contributed by atoms with van der Waals surface area (Å²) in [4.78, 5) is 23.4. The van der Waals surface area contributed by atoms with Crippen molar-refractivity contribution in [3.63, 3.8) is 0 Å². The Morgan fingerprint density at radius 3 is 2.91 bits per heavy atom. The Morgan fingerprint density at radius 1 is 1.43 bits per heavy atom. The van der Waals surface area contributed by atoms with Crippen molar-refractivity contribution in [1.29, 1.82) is 0 Å².